The summed E-state index contributed by atoms with van der Waals surface area (Å²) in [6.07, 6.45) is 0. The van der Waals surface area contributed by atoms with E-state index in [0.717, 1.165) is 28.5 Å². The predicted octanol–water partition coefficient (Wildman–Crippen LogP) is 6.33. The van der Waals surface area contributed by atoms with Crippen LogP contribution < -0.4 is 4.74 Å². The van der Waals surface area contributed by atoms with E-state index in [2.05, 4.69) is 11.8 Å². The molecule has 0 saturated heterocycles. The van der Waals surface area contributed by atoms with Crippen molar-refractivity contribution in [3.8, 4) is 28.7 Å². The standard InChI is InChI=1S/C25H15F3O/c1-29-22-14-23(27)25(24(28)15-22)18-7-4-16(5-8-18)2-3-17-6-9-20-13-21(26)11-10-19(20)12-17/h4-15H,1H3. The van der Waals surface area contributed by atoms with Crippen molar-refractivity contribution < 1.29 is 17.9 Å². The molecule has 0 radical (unpaired) electrons. The molecule has 4 aromatic rings. The van der Waals surface area contributed by atoms with Crippen LogP contribution >= 0.6 is 0 Å². The van der Waals surface area contributed by atoms with E-state index in [1.807, 2.05) is 18.2 Å². The first-order valence-electron chi connectivity index (χ1n) is 8.88. The third kappa shape index (κ3) is 3.95. The second-order valence-electron chi connectivity index (χ2n) is 6.50. The Hall–Kier alpha value is -3.71. The van der Waals surface area contributed by atoms with Crippen LogP contribution in [-0.2, 0) is 0 Å². The van der Waals surface area contributed by atoms with Gasteiger partial charge in [0.2, 0.25) is 0 Å². The van der Waals surface area contributed by atoms with Gasteiger partial charge in [-0.05, 0) is 52.7 Å². The summed E-state index contributed by atoms with van der Waals surface area (Å²) in [5.41, 5.74) is 1.82. The Morgan fingerprint density at radius 2 is 1.24 bits per heavy atom. The van der Waals surface area contributed by atoms with Crippen LogP contribution in [0.4, 0.5) is 13.2 Å². The molecule has 0 atom stereocenters. The monoisotopic (exact) mass is 388 g/mol. The summed E-state index contributed by atoms with van der Waals surface area (Å²) in [5, 5.41) is 1.71. The quantitative estimate of drug-likeness (QED) is 0.365. The molecular formula is C25H15F3O. The predicted molar refractivity (Wildman–Crippen MR) is 108 cm³/mol. The highest BCUT2D eigenvalue weighted by Gasteiger charge is 2.13. The lowest BCUT2D eigenvalue weighted by atomic mass is 10.0. The van der Waals surface area contributed by atoms with Crippen molar-refractivity contribution in [1.82, 2.24) is 0 Å². The Kier molecular flexibility index (Phi) is 4.97. The van der Waals surface area contributed by atoms with E-state index in [0.29, 0.717) is 11.1 Å². The average Bonchev–Trinajstić information content (AvgIpc) is 2.72. The van der Waals surface area contributed by atoms with Crippen molar-refractivity contribution in [3.63, 3.8) is 0 Å². The average molecular weight is 388 g/mol. The molecular weight excluding hydrogens is 373 g/mol. The number of rotatable bonds is 2. The fourth-order valence-corrected chi connectivity index (χ4v) is 3.10. The van der Waals surface area contributed by atoms with E-state index < -0.39 is 11.6 Å². The maximum absolute atomic E-state index is 14.2. The molecule has 0 unspecified atom stereocenters. The van der Waals surface area contributed by atoms with Gasteiger partial charge in [-0.25, -0.2) is 13.2 Å². The van der Waals surface area contributed by atoms with Gasteiger partial charge >= 0.3 is 0 Å². The van der Waals surface area contributed by atoms with Crippen LogP contribution in [0.2, 0.25) is 0 Å². The fourth-order valence-electron chi connectivity index (χ4n) is 3.10. The maximum atomic E-state index is 14.2. The van der Waals surface area contributed by atoms with Gasteiger partial charge in [0.15, 0.2) is 0 Å². The van der Waals surface area contributed by atoms with E-state index in [-0.39, 0.29) is 17.1 Å². The zero-order valence-corrected chi connectivity index (χ0v) is 15.5. The molecule has 4 rings (SSSR count). The summed E-state index contributed by atoms with van der Waals surface area (Å²) in [6, 6.07) is 19.1. The van der Waals surface area contributed by atoms with Gasteiger partial charge < -0.3 is 4.74 Å². The molecule has 4 aromatic carbocycles. The molecule has 0 N–H and O–H groups in total. The zero-order valence-electron chi connectivity index (χ0n) is 15.5. The topological polar surface area (TPSA) is 9.23 Å². The highest BCUT2D eigenvalue weighted by Crippen LogP contribution is 2.29. The van der Waals surface area contributed by atoms with Crippen LogP contribution in [0, 0.1) is 29.3 Å². The van der Waals surface area contributed by atoms with Gasteiger partial charge in [0, 0.05) is 23.3 Å². The largest absolute Gasteiger partial charge is 0.497 e. The SMILES string of the molecule is COc1cc(F)c(-c2ccc(C#Cc3ccc4cc(F)ccc4c3)cc2)c(F)c1. The van der Waals surface area contributed by atoms with Crippen LogP contribution in [0.1, 0.15) is 11.1 Å². The van der Waals surface area contributed by atoms with Crippen LogP contribution in [0.15, 0.2) is 72.8 Å². The Bertz CT molecular complexity index is 1240. The van der Waals surface area contributed by atoms with E-state index in [9.17, 15) is 13.2 Å². The molecule has 1 nitrogen and oxygen atoms in total. The lowest BCUT2D eigenvalue weighted by Crippen LogP contribution is -1.93. The Labute approximate surface area is 166 Å². The van der Waals surface area contributed by atoms with Crippen LogP contribution in [0.3, 0.4) is 0 Å². The minimum absolute atomic E-state index is 0.105. The van der Waals surface area contributed by atoms with Gasteiger partial charge in [-0.2, -0.15) is 0 Å². The van der Waals surface area contributed by atoms with E-state index in [1.54, 1.807) is 30.3 Å². The van der Waals surface area contributed by atoms with E-state index in [4.69, 9.17) is 4.74 Å². The van der Waals surface area contributed by atoms with Crippen LogP contribution in [-0.4, -0.2) is 7.11 Å². The normalized spacial score (nSPS) is 10.5. The highest BCUT2D eigenvalue weighted by molar-refractivity contribution is 5.84. The molecule has 0 saturated carbocycles. The van der Waals surface area contributed by atoms with Crippen molar-refractivity contribution in [2.24, 2.45) is 0 Å². The van der Waals surface area contributed by atoms with Crippen molar-refractivity contribution in [3.05, 3.63) is 101 Å². The first-order chi connectivity index (χ1) is 14.0. The van der Waals surface area contributed by atoms with E-state index >= 15 is 0 Å². The summed E-state index contributed by atoms with van der Waals surface area (Å²) >= 11 is 0. The molecule has 142 valence electrons. The summed E-state index contributed by atoms with van der Waals surface area (Å²) < 4.78 is 46.6. The lowest BCUT2D eigenvalue weighted by Gasteiger charge is -2.08. The Morgan fingerprint density at radius 1 is 0.655 bits per heavy atom. The molecule has 0 spiro atoms. The summed E-state index contributed by atoms with van der Waals surface area (Å²) in [6.45, 7) is 0. The second kappa shape index (κ2) is 7.73. The molecule has 0 amide bonds. The first kappa shape index (κ1) is 18.6. The van der Waals surface area contributed by atoms with Crippen molar-refractivity contribution in [1.29, 1.82) is 0 Å². The minimum atomic E-state index is -0.687. The molecule has 0 aliphatic rings. The van der Waals surface area contributed by atoms with Crippen molar-refractivity contribution >= 4 is 10.8 Å². The van der Waals surface area contributed by atoms with Gasteiger partial charge in [0.1, 0.15) is 23.2 Å². The molecule has 0 bridgehead atoms. The van der Waals surface area contributed by atoms with E-state index in [1.165, 1.54) is 19.2 Å². The number of fused-ring (bicyclic) bond motifs is 1. The summed E-state index contributed by atoms with van der Waals surface area (Å²) in [5.74, 6) is 4.57. The minimum Gasteiger partial charge on any atom is -0.497 e. The maximum Gasteiger partial charge on any atom is 0.137 e. The van der Waals surface area contributed by atoms with Crippen LogP contribution in [0.5, 0.6) is 5.75 Å². The zero-order chi connectivity index (χ0) is 20.4. The van der Waals surface area contributed by atoms with Gasteiger partial charge in [-0.1, -0.05) is 36.1 Å². The summed E-state index contributed by atoms with van der Waals surface area (Å²) in [7, 11) is 1.36. The van der Waals surface area contributed by atoms with Crippen LogP contribution in [0.25, 0.3) is 21.9 Å². The van der Waals surface area contributed by atoms with Gasteiger partial charge in [-0.3, -0.25) is 0 Å². The van der Waals surface area contributed by atoms with Crippen molar-refractivity contribution in [2.75, 3.05) is 7.11 Å². The molecule has 29 heavy (non-hydrogen) atoms. The third-order valence-corrected chi connectivity index (χ3v) is 4.58. The number of hydrogen-bond acceptors (Lipinski definition) is 1. The molecule has 0 aliphatic heterocycles. The number of benzene rings is 4. The third-order valence-electron chi connectivity index (χ3n) is 4.58. The molecule has 4 heteroatoms. The molecule has 0 aliphatic carbocycles. The molecule has 0 aromatic heterocycles. The lowest BCUT2D eigenvalue weighted by molar-refractivity contribution is 0.407. The second-order valence-corrected chi connectivity index (χ2v) is 6.50. The Balaban J connectivity index is 1.61. The molecule has 0 fully saturated rings. The summed E-state index contributed by atoms with van der Waals surface area (Å²) in [4.78, 5) is 0. The Morgan fingerprint density at radius 3 is 1.93 bits per heavy atom. The van der Waals surface area contributed by atoms with Gasteiger partial charge in [-0.15, -0.1) is 0 Å². The number of ether oxygens (including phenoxy) is 1. The van der Waals surface area contributed by atoms with Gasteiger partial charge in [0.05, 0.1) is 12.7 Å². The fraction of sp³-hybridized carbons (Fsp3) is 0.0400. The van der Waals surface area contributed by atoms with Gasteiger partial charge in [0.25, 0.3) is 0 Å². The smallest absolute Gasteiger partial charge is 0.137 e. The number of methoxy groups -OCH3 is 1. The highest BCUT2D eigenvalue weighted by atomic mass is 19.1. The first-order valence-corrected chi connectivity index (χ1v) is 8.88. The molecule has 0 heterocycles. The number of halogens is 3. The number of hydrogen-bond donors (Lipinski definition) is 0. The van der Waals surface area contributed by atoms with Crippen molar-refractivity contribution in [2.45, 2.75) is 0 Å².